The largest absolute Gasteiger partial charge is 2.00 e. The van der Waals surface area contributed by atoms with Gasteiger partial charge in [-0.05, 0) is 67.1 Å². The van der Waals surface area contributed by atoms with Gasteiger partial charge in [0.1, 0.15) is 11.6 Å². The Bertz CT molecular complexity index is 1410. The number of fused-ring (bicyclic) bond motifs is 1. The second kappa shape index (κ2) is 13.2. The van der Waals surface area contributed by atoms with E-state index in [1.165, 1.54) is 11.6 Å². The van der Waals surface area contributed by atoms with E-state index in [-0.39, 0.29) is 65.2 Å². The van der Waals surface area contributed by atoms with Crippen molar-refractivity contribution >= 4 is 65.2 Å². The van der Waals surface area contributed by atoms with Crippen LogP contribution in [0, 0.1) is 5.82 Å². The average molecular weight is 569 g/mol. The van der Waals surface area contributed by atoms with Gasteiger partial charge in [-0.25, -0.2) is 4.39 Å². The number of rotatable bonds is 10. The van der Waals surface area contributed by atoms with Crippen LogP contribution in [0.1, 0.15) is 44.9 Å². The first kappa shape index (κ1) is 30.2. The Labute approximate surface area is 256 Å². The Balaban J connectivity index is 0.00000267. The first-order chi connectivity index (χ1) is 17.6. The summed E-state index contributed by atoms with van der Waals surface area (Å²) < 4.78 is 43.8. The molecule has 2 N–H and O–H groups in total. The van der Waals surface area contributed by atoms with Crippen molar-refractivity contribution in [1.29, 1.82) is 0 Å². The van der Waals surface area contributed by atoms with Crippen LogP contribution in [0.25, 0.3) is 0 Å². The molecule has 38 heavy (non-hydrogen) atoms. The van der Waals surface area contributed by atoms with E-state index in [1.54, 1.807) is 18.2 Å². The van der Waals surface area contributed by atoms with E-state index in [9.17, 15) is 17.6 Å². The van der Waals surface area contributed by atoms with E-state index >= 15 is 0 Å². The third kappa shape index (κ3) is 8.08. The number of aryl methyl sites for hydroxylation is 2. The van der Waals surface area contributed by atoms with Gasteiger partial charge in [0, 0.05) is 42.5 Å². The van der Waals surface area contributed by atoms with Crippen molar-refractivity contribution < 1.29 is 29.7 Å². The van der Waals surface area contributed by atoms with Gasteiger partial charge in [0.05, 0.1) is 6.26 Å². The van der Waals surface area contributed by atoms with Crippen LogP contribution in [0.15, 0.2) is 60.7 Å². The van der Waals surface area contributed by atoms with Gasteiger partial charge in [-0.2, -0.15) is 8.42 Å². The number of aliphatic carboxylic acids is 1. The number of hydrogen-bond donors (Lipinski definition) is 2. The van der Waals surface area contributed by atoms with Crippen LogP contribution < -0.4 is 14.4 Å². The number of carbonyl (C=O) groups is 1. The molecule has 0 fully saturated rings. The molecule has 0 aliphatic carbocycles. The predicted octanol–water partition coefficient (Wildman–Crippen LogP) is 4.98. The predicted molar refractivity (Wildman–Crippen MR) is 150 cm³/mol. The smallest absolute Gasteiger partial charge is 1.00 e. The summed E-state index contributed by atoms with van der Waals surface area (Å²) in [5.41, 5.74) is 4.82. The van der Waals surface area contributed by atoms with Gasteiger partial charge in [0.25, 0.3) is 0 Å². The molecule has 0 radical (unpaired) electrons. The zero-order chi connectivity index (χ0) is 26.6. The minimum absolute atomic E-state index is 0. The Morgan fingerprint density at radius 3 is 2.61 bits per heavy atom. The summed E-state index contributed by atoms with van der Waals surface area (Å²) in [6.45, 7) is 2.98. The number of halogens is 1. The van der Waals surface area contributed by atoms with Crippen LogP contribution in [0.3, 0.4) is 0 Å². The van der Waals surface area contributed by atoms with E-state index in [2.05, 4.69) is 29.3 Å². The van der Waals surface area contributed by atoms with E-state index in [0.29, 0.717) is 24.3 Å². The first-order valence-corrected chi connectivity index (χ1v) is 14.0. The molecule has 3 aromatic rings. The Kier molecular flexibility index (Phi) is 10.5. The number of carboxylic acids is 1. The zero-order valence-electron chi connectivity index (χ0n) is 23.6. The third-order valence-electron chi connectivity index (χ3n) is 6.54. The molecule has 1 heterocycles. The molecule has 0 spiro atoms. The molecule has 7 nitrogen and oxygen atoms in total. The molecule has 0 amide bonds. The average Bonchev–Trinajstić information content (AvgIpc) is 2.84. The molecular weight excluding hydrogens is 535 g/mol. The molecule has 0 bridgehead atoms. The summed E-state index contributed by atoms with van der Waals surface area (Å²) in [6.07, 6.45) is 3.02. The van der Waals surface area contributed by atoms with Gasteiger partial charge in [-0.15, -0.1) is 0 Å². The number of anilines is 2. The number of nitrogens with one attached hydrogen (secondary N) is 1. The van der Waals surface area contributed by atoms with Gasteiger partial charge >= 0.3 is 53.8 Å². The van der Waals surface area contributed by atoms with Crippen molar-refractivity contribution in [2.45, 2.75) is 51.7 Å². The first-order valence-electron chi connectivity index (χ1n) is 12.2. The fraction of sp³-hybridized carbons (Fsp3) is 0.321. The van der Waals surface area contributed by atoms with Gasteiger partial charge in [0.15, 0.2) is 0 Å². The molecule has 0 saturated carbocycles. The maximum Gasteiger partial charge on any atom is 2.00 e. The molecule has 0 saturated heterocycles. The van der Waals surface area contributed by atoms with Gasteiger partial charge in [-0.1, -0.05) is 36.4 Å². The second-order valence-corrected chi connectivity index (χ2v) is 11.0. The van der Waals surface area contributed by atoms with Crippen molar-refractivity contribution in [2.24, 2.45) is 0 Å². The van der Waals surface area contributed by atoms with Gasteiger partial charge in [0.2, 0.25) is 0 Å². The number of benzene rings is 3. The van der Waals surface area contributed by atoms with Crippen molar-refractivity contribution in [3.63, 3.8) is 0 Å². The van der Waals surface area contributed by atoms with Crippen LogP contribution in [-0.2, 0) is 40.8 Å². The van der Waals surface area contributed by atoms with Crippen LogP contribution >= 0.6 is 0 Å². The van der Waals surface area contributed by atoms with Crippen molar-refractivity contribution in [1.82, 2.24) is 0 Å². The fourth-order valence-corrected chi connectivity index (χ4v) is 5.05. The molecule has 1 atom stereocenters. The third-order valence-corrected chi connectivity index (χ3v) is 7.02. The number of hydrogen-bond acceptors (Lipinski definition) is 6. The Morgan fingerprint density at radius 1 is 1.16 bits per heavy atom. The summed E-state index contributed by atoms with van der Waals surface area (Å²) >= 11 is 0. The zero-order valence-corrected chi connectivity index (χ0v) is 24.6. The molecule has 4 rings (SSSR count). The van der Waals surface area contributed by atoms with Crippen LogP contribution in [0.2, 0.25) is 0 Å². The topological polar surface area (TPSA) is 95.9 Å². The maximum atomic E-state index is 14.4. The van der Waals surface area contributed by atoms with E-state index in [1.807, 2.05) is 24.3 Å². The Hall–Kier alpha value is -2.33. The number of para-hydroxylation sites is 1. The monoisotopic (exact) mass is 568 g/mol. The van der Waals surface area contributed by atoms with Gasteiger partial charge in [-0.3, -0.25) is 4.79 Å². The van der Waals surface area contributed by atoms with Crippen LogP contribution in [0.5, 0.6) is 5.75 Å². The van der Waals surface area contributed by atoms with Crippen LogP contribution in [0.4, 0.5) is 15.8 Å². The quantitative estimate of drug-likeness (QED) is 0.263. The fourth-order valence-electron chi connectivity index (χ4n) is 4.57. The molecule has 200 valence electrons. The summed E-state index contributed by atoms with van der Waals surface area (Å²) in [5.74, 6) is -1.18. The van der Waals surface area contributed by atoms with Gasteiger partial charge < -0.3 is 22.4 Å². The molecule has 3 aromatic carbocycles. The van der Waals surface area contributed by atoms with Crippen molar-refractivity contribution in [3.05, 3.63) is 88.7 Å². The summed E-state index contributed by atoms with van der Waals surface area (Å²) in [5, 5.41) is 11.9. The SMILES string of the molecule is CC1CCc2ccccc2N1Cc1ccc(CNc2ccc(CCC(=O)O)c(F)c2)cc1OS(C)(=O)=O.[Ca+2].[H-].[H-]. The Morgan fingerprint density at radius 2 is 1.89 bits per heavy atom. The normalized spacial score (nSPS) is 14.8. The molecule has 1 aliphatic rings. The maximum absolute atomic E-state index is 14.4. The van der Waals surface area contributed by atoms with Crippen molar-refractivity contribution in [2.75, 3.05) is 16.5 Å². The number of carboxylic acid groups (broad SMARTS) is 1. The molecule has 1 unspecified atom stereocenters. The minimum Gasteiger partial charge on any atom is -1.00 e. The minimum atomic E-state index is -3.75. The summed E-state index contributed by atoms with van der Waals surface area (Å²) in [4.78, 5) is 13.0. The number of nitrogens with zero attached hydrogens (tertiary/aromatic N) is 1. The van der Waals surface area contributed by atoms with E-state index in [0.717, 1.165) is 35.9 Å². The molecule has 10 heteroatoms. The standard InChI is InChI=1S/C28H31FN2O5S.Ca.2H/c1-19-7-9-22-5-3-4-6-26(22)31(19)18-23-10-8-20(15-27(23)36-37(2,34)35)17-30-24-13-11-21(25(29)16-24)12-14-28(32)33;;;/h3-6,8,10-11,13,15-16,19,30H,7,9,12,14,17-18H2,1-2H3,(H,32,33);;;/q;+2;2*-1. The molecule has 1 aliphatic heterocycles. The van der Waals surface area contributed by atoms with E-state index in [4.69, 9.17) is 9.29 Å². The van der Waals surface area contributed by atoms with Crippen molar-refractivity contribution in [3.8, 4) is 5.75 Å². The summed E-state index contributed by atoms with van der Waals surface area (Å²) in [6, 6.07) is 18.6. The molecular formula is C28H33CaFN2O5S. The molecule has 0 aromatic heterocycles. The second-order valence-electron chi connectivity index (χ2n) is 9.43. The van der Waals surface area contributed by atoms with E-state index < -0.39 is 21.9 Å². The van der Waals surface area contributed by atoms with Crippen LogP contribution in [-0.4, -0.2) is 69.5 Å². The summed E-state index contributed by atoms with van der Waals surface area (Å²) in [7, 11) is -3.75.